The van der Waals surface area contributed by atoms with E-state index in [0.29, 0.717) is 23.9 Å². The molecule has 1 N–H and O–H groups in total. The maximum absolute atomic E-state index is 12.3. The summed E-state index contributed by atoms with van der Waals surface area (Å²) < 4.78 is 21.9. The van der Waals surface area contributed by atoms with Crippen molar-refractivity contribution < 1.29 is 23.7 Å². The normalized spacial score (nSPS) is 11.6. The van der Waals surface area contributed by atoms with Gasteiger partial charge in [0, 0.05) is 0 Å². The number of hydrazone groups is 1. The quantitative estimate of drug-likeness (QED) is 0.382. The zero-order valence-corrected chi connectivity index (χ0v) is 18.3. The Morgan fingerprint density at radius 3 is 2.31 bits per heavy atom. The van der Waals surface area contributed by atoms with Crippen molar-refractivity contribution in [2.75, 3.05) is 14.2 Å². The Hall–Kier alpha value is -4.00. The molecular formula is C25H26N2O5. The molecule has 0 aliphatic heterocycles. The molecule has 7 nitrogen and oxygen atoms in total. The van der Waals surface area contributed by atoms with Gasteiger partial charge >= 0.3 is 0 Å². The third kappa shape index (κ3) is 6.50. The maximum Gasteiger partial charge on any atom is 0.280 e. The molecule has 0 unspecified atom stereocenters. The third-order valence-corrected chi connectivity index (χ3v) is 4.55. The van der Waals surface area contributed by atoms with E-state index in [1.807, 2.05) is 30.3 Å². The topological polar surface area (TPSA) is 78.4 Å². The van der Waals surface area contributed by atoms with Crippen LogP contribution >= 0.6 is 0 Å². The first-order chi connectivity index (χ1) is 15.6. The van der Waals surface area contributed by atoms with E-state index in [0.717, 1.165) is 16.9 Å². The second-order valence-electron chi connectivity index (χ2n) is 6.85. The molecule has 0 aliphatic carbocycles. The van der Waals surface area contributed by atoms with E-state index < -0.39 is 6.10 Å². The Kier molecular flexibility index (Phi) is 8.09. The standard InChI is InChI=1S/C25H26N2O5/c1-18(25(28)27-26-16-20-9-14-23(29-2)24(15-20)30-3)32-22-12-10-21(11-13-22)31-17-19-7-5-4-6-8-19/h4-16,18H,17H2,1-3H3,(H,27,28)/b26-16-/t18-/m1/s1. The highest BCUT2D eigenvalue weighted by molar-refractivity contribution is 5.84. The Morgan fingerprint density at radius 1 is 0.938 bits per heavy atom. The molecule has 1 amide bonds. The van der Waals surface area contributed by atoms with Gasteiger partial charge in [0.25, 0.3) is 5.91 Å². The average Bonchev–Trinajstić information content (AvgIpc) is 2.84. The predicted molar refractivity (Wildman–Crippen MR) is 123 cm³/mol. The van der Waals surface area contributed by atoms with Crippen LogP contribution in [0.1, 0.15) is 18.1 Å². The Balaban J connectivity index is 1.48. The molecule has 0 radical (unpaired) electrons. The first-order valence-electron chi connectivity index (χ1n) is 10.1. The number of benzene rings is 3. The lowest BCUT2D eigenvalue weighted by atomic mass is 10.2. The van der Waals surface area contributed by atoms with Gasteiger partial charge in [0.2, 0.25) is 0 Å². The highest BCUT2D eigenvalue weighted by Gasteiger charge is 2.14. The van der Waals surface area contributed by atoms with Crippen LogP contribution < -0.4 is 24.4 Å². The summed E-state index contributed by atoms with van der Waals surface area (Å²) in [7, 11) is 3.13. The number of carbonyl (C=O) groups is 1. The van der Waals surface area contributed by atoms with Crippen LogP contribution in [-0.2, 0) is 11.4 Å². The van der Waals surface area contributed by atoms with Crippen molar-refractivity contribution in [3.8, 4) is 23.0 Å². The number of hydrogen-bond acceptors (Lipinski definition) is 6. The Morgan fingerprint density at radius 2 is 1.62 bits per heavy atom. The molecule has 1 atom stereocenters. The molecule has 3 aromatic carbocycles. The number of methoxy groups -OCH3 is 2. The fraction of sp³-hybridized carbons (Fsp3) is 0.200. The van der Waals surface area contributed by atoms with E-state index in [9.17, 15) is 4.79 Å². The minimum Gasteiger partial charge on any atom is -0.493 e. The van der Waals surface area contributed by atoms with E-state index in [4.69, 9.17) is 18.9 Å². The van der Waals surface area contributed by atoms with Crippen LogP contribution in [-0.4, -0.2) is 32.4 Å². The van der Waals surface area contributed by atoms with Crippen molar-refractivity contribution in [1.29, 1.82) is 0 Å². The van der Waals surface area contributed by atoms with Gasteiger partial charge in [-0.15, -0.1) is 0 Å². The molecule has 0 aliphatic rings. The summed E-state index contributed by atoms with van der Waals surface area (Å²) in [4.78, 5) is 12.3. The number of nitrogens with zero attached hydrogens (tertiary/aromatic N) is 1. The van der Waals surface area contributed by atoms with Gasteiger partial charge in [-0.05, 0) is 60.5 Å². The highest BCUT2D eigenvalue weighted by Crippen LogP contribution is 2.26. The Bertz CT molecular complexity index is 1040. The van der Waals surface area contributed by atoms with Gasteiger partial charge in [0.1, 0.15) is 18.1 Å². The van der Waals surface area contributed by atoms with Crippen molar-refractivity contribution in [2.24, 2.45) is 5.10 Å². The molecule has 3 rings (SSSR count). The van der Waals surface area contributed by atoms with Crippen LogP contribution in [0.15, 0.2) is 77.9 Å². The number of rotatable bonds is 10. The third-order valence-electron chi connectivity index (χ3n) is 4.55. The van der Waals surface area contributed by atoms with E-state index in [1.165, 1.54) is 6.21 Å². The fourth-order valence-electron chi connectivity index (χ4n) is 2.81. The van der Waals surface area contributed by atoms with Crippen LogP contribution in [0, 0.1) is 0 Å². The molecule has 32 heavy (non-hydrogen) atoms. The van der Waals surface area contributed by atoms with Crippen molar-refractivity contribution in [2.45, 2.75) is 19.6 Å². The number of hydrogen-bond donors (Lipinski definition) is 1. The lowest BCUT2D eigenvalue weighted by molar-refractivity contribution is -0.127. The summed E-state index contributed by atoms with van der Waals surface area (Å²) in [5.74, 6) is 2.11. The number of nitrogens with one attached hydrogen (secondary N) is 1. The summed E-state index contributed by atoms with van der Waals surface area (Å²) in [6, 6.07) is 22.4. The largest absolute Gasteiger partial charge is 0.493 e. The highest BCUT2D eigenvalue weighted by atomic mass is 16.5. The SMILES string of the molecule is COc1ccc(/C=N\NC(=O)[C@@H](C)Oc2ccc(OCc3ccccc3)cc2)cc1OC. The van der Waals surface area contributed by atoms with Crippen molar-refractivity contribution in [3.63, 3.8) is 0 Å². The van der Waals surface area contributed by atoms with Gasteiger partial charge < -0.3 is 18.9 Å². The number of ether oxygens (including phenoxy) is 4. The zero-order chi connectivity index (χ0) is 22.8. The zero-order valence-electron chi connectivity index (χ0n) is 18.3. The van der Waals surface area contributed by atoms with Gasteiger partial charge in [0.15, 0.2) is 17.6 Å². The van der Waals surface area contributed by atoms with Crippen LogP contribution in [0.4, 0.5) is 0 Å². The summed E-state index contributed by atoms with van der Waals surface area (Å²) in [6.45, 7) is 2.14. The number of amides is 1. The summed E-state index contributed by atoms with van der Waals surface area (Å²) in [5.41, 5.74) is 4.32. The van der Waals surface area contributed by atoms with E-state index in [2.05, 4.69) is 10.5 Å². The van der Waals surface area contributed by atoms with Crippen LogP contribution in [0.5, 0.6) is 23.0 Å². The average molecular weight is 434 g/mol. The van der Waals surface area contributed by atoms with Gasteiger partial charge in [-0.2, -0.15) is 5.10 Å². The van der Waals surface area contributed by atoms with Gasteiger partial charge in [0.05, 0.1) is 20.4 Å². The summed E-state index contributed by atoms with van der Waals surface area (Å²) >= 11 is 0. The van der Waals surface area contributed by atoms with Gasteiger partial charge in [-0.1, -0.05) is 30.3 Å². The monoisotopic (exact) mass is 434 g/mol. The molecule has 166 valence electrons. The molecule has 3 aromatic rings. The summed E-state index contributed by atoms with van der Waals surface area (Å²) in [6.07, 6.45) is 0.791. The molecule has 0 fully saturated rings. The van der Waals surface area contributed by atoms with Crippen molar-refractivity contribution in [3.05, 3.63) is 83.9 Å². The van der Waals surface area contributed by atoms with Gasteiger partial charge in [-0.3, -0.25) is 4.79 Å². The number of carbonyl (C=O) groups excluding carboxylic acids is 1. The lowest BCUT2D eigenvalue weighted by Gasteiger charge is -2.13. The minimum atomic E-state index is -0.728. The van der Waals surface area contributed by atoms with E-state index in [1.54, 1.807) is 63.6 Å². The molecular weight excluding hydrogens is 408 g/mol. The second kappa shape index (κ2) is 11.4. The van der Waals surface area contributed by atoms with Crippen LogP contribution in [0.2, 0.25) is 0 Å². The molecule has 0 bridgehead atoms. The molecule has 0 saturated heterocycles. The maximum atomic E-state index is 12.3. The first-order valence-corrected chi connectivity index (χ1v) is 10.1. The molecule has 7 heteroatoms. The fourth-order valence-corrected chi connectivity index (χ4v) is 2.81. The van der Waals surface area contributed by atoms with E-state index >= 15 is 0 Å². The molecule has 0 aromatic heterocycles. The molecule has 0 heterocycles. The summed E-state index contributed by atoms with van der Waals surface area (Å²) in [5, 5.41) is 3.98. The molecule has 0 spiro atoms. The minimum absolute atomic E-state index is 0.369. The van der Waals surface area contributed by atoms with Gasteiger partial charge in [-0.25, -0.2) is 5.43 Å². The van der Waals surface area contributed by atoms with E-state index in [-0.39, 0.29) is 5.91 Å². The second-order valence-corrected chi connectivity index (χ2v) is 6.85. The van der Waals surface area contributed by atoms with Crippen molar-refractivity contribution >= 4 is 12.1 Å². The van der Waals surface area contributed by atoms with Crippen molar-refractivity contribution in [1.82, 2.24) is 5.43 Å². The lowest BCUT2D eigenvalue weighted by Crippen LogP contribution is -2.33. The predicted octanol–water partition coefficient (Wildman–Crippen LogP) is 4.20. The van der Waals surface area contributed by atoms with Crippen LogP contribution in [0.25, 0.3) is 0 Å². The smallest absolute Gasteiger partial charge is 0.280 e. The first kappa shape index (κ1) is 22.7. The molecule has 0 saturated carbocycles. The Labute approximate surface area is 187 Å². The van der Waals surface area contributed by atoms with Crippen LogP contribution in [0.3, 0.4) is 0 Å².